The number of nitrogens with two attached hydrogens (primary N) is 2. The lowest BCUT2D eigenvalue weighted by Crippen LogP contribution is -2.60. The number of thiol groups is 2. The van der Waals surface area contributed by atoms with Gasteiger partial charge in [-0.2, -0.15) is 25.3 Å². The standard InChI is InChI=1S/C53H86N12O16S2/c1-25(2)16-34(44(55)72)60-45(73)29(9)57-49(77)35(17-26(3)4)63-52(80)39(23-82)58-41(67)22-56-47(75)38(21-43(70)71)64-48(76)33(14-15-42(68)69)59-53(81)40(24-83)65-51(79)37(19-28(7)8)62-50(78)36(18-27(5)6)61-46(74)32(54)20-30-10-12-31(66)13-11-30/h10-13,25-29,32-40,66,82-83H,14-24,54H2,1-9H3,(H2,55,72)(H,56,75)(H,57,77)(H,58,67)(H,59,81)(H,60,73)(H,61,74)(H,62,78)(H,63,80)(H,64,76)(H,65,79)(H,68,69)(H,70,71)/t29-,32-,33-,34-,35-,36-,37-,38-,39-,40-/m0/s1. The second-order valence-electron chi connectivity index (χ2n) is 21.8. The number of carbonyl (C=O) groups excluding carboxylic acids is 11. The number of carbonyl (C=O) groups is 13. The van der Waals surface area contributed by atoms with E-state index in [1.54, 1.807) is 53.7 Å². The molecule has 0 aromatic heterocycles. The summed E-state index contributed by atoms with van der Waals surface area (Å²) in [5, 5.41) is 53.0. The molecule has 1 aromatic carbocycles. The number of carboxylic acid groups (broad SMARTS) is 2. The van der Waals surface area contributed by atoms with Crippen LogP contribution in [-0.2, 0) is 68.7 Å². The minimum absolute atomic E-state index is 0.00335. The van der Waals surface area contributed by atoms with Crippen molar-refractivity contribution in [3.63, 3.8) is 0 Å². The van der Waals surface area contributed by atoms with Gasteiger partial charge in [0.2, 0.25) is 65.0 Å². The zero-order valence-electron chi connectivity index (χ0n) is 48.4. The van der Waals surface area contributed by atoms with E-state index < -0.39 is 169 Å². The number of rotatable bonds is 38. The van der Waals surface area contributed by atoms with Crippen molar-refractivity contribution in [1.82, 2.24) is 53.2 Å². The third kappa shape index (κ3) is 29.1. The molecule has 0 fully saturated rings. The van der Waals surface area contributed by atoms with Crippen LogP contribution in [0.3, 0.4) is 0 Å². The van der Waals surface area contributed by atoms with E-state index >= 15 is 0 Å². The molecule has 0 aliphatic carbocycles. The Hall–Kier alpha value is -7.21. The Bertz CT molecular complexity index is 2410. The largest absolute Gasteiger partial charge is 0.508 e. The summed E-state index contributed by atoms with van der Waals surface area (Å²) in [5.41, 5.74) is 12.2. The fourth-order valence-corrected chi connectivity index (χ4v) is 8.48. The molecule has 83 heavy (non-hydrogen) atoms. The number of amides is 11. The molecule has 28 nitrogen and oxygen atoms in total. The molecule has 11 amide bonds. The van der Waals surface area contributed by atoms with Crippen molar-refractivity contribution in [2.45, 2.75) is 174 Å². The number of carboxylic acids is 2. The first kappa shape index (κ1) is 73.8. The molecule has 0 aliphatic heterocycles. The molecule has 1 aromatic rings. The average Bonchev–Trinajstić information content (AvgIpc) is 3.38. The van der Waals surface area contributed by atoms with Gasteiger partial charge in [0, 0.05) is 17.9 Å². The predicted molar refractivity (Wildman–Crippen MR) is 310 cm³/mol. The van der Waals surface area contributed by atoms with Crippen LogP contribution in [0.4, 0.5) is 0 Å². The summed E-state index contributed by atoms with van der Waals surface area (Å²) in [6, 6.07) is -7.59. The summed E-state index contributed by atoms with van der Waals surface area (Å²) in [6.07, 6.45) is -1.86. The van der Waals surface area contributed by atoms with Gasteiger partial charge in [-0.25, -0.2) is 0 Å². The van der Waals surface area contributed by atoms with Crippen LogP contribution in [0, 0.1) is 23.7 Å². The number of nitrogens with one attached hydrogen (secondary N) is 10. The van der Waals surface area contributed by atoms with Crippen molar-refractivity contribution in [3.8, 4) is 5.75 Å². The van der Waals surface area contributed by atoms with Crippen molar-refractivity contribution < 1.29 is 77.6 Å². The first-order valence-electron chi connectivity index (χ1n) is 27.2. The monoisotopic (exact) mass is 1210 g/mol. The topological polar surface area (TPSA) is 455 Å². The molecule has 0 aliphatic rings. The Kier molecular flexibility index (Phi) is 33.0. The van der Waals surface area contributed by atoms with Gasteiger partial charge < -0.3 is 80.0 Å². The molecular weight excluding hydrogens is 1120 g/mol. The van der Waals surface area contributed by atoms with Crippen LogP contribution in [0.25, 0.3) is 0 Å². The predicted octanol–water partition coefficient (Wildman–Crippen LogP) is -2.37. The molecule has 466 valence electrons. The van der Waals surface area contributed by atoms with Gasteiger partial charge >= 0.3 is 11.9 Å². The fourth-order valence-electron chi connectivity index (χ4n) is 7.97. The summed E-state index contributed by atoms with van der Waals surface area (Å²) in [7, 11) is 0. The number of aromatic hydroxyl groups is 1. The number of phenolic OH excluding ortho intramolecular Hbond substituents is 1. The number of aliphatic carboxylic acids is 2. The number of hydrogen-bond donors (Lipinski definition) is 17. The van der Waals surface area contributed by atoms with Crippen LogP contribution in [0.2, 0.25) is 0 Å². The summed E-state index contributed by atoms with van der Waals surface area (Å²) >= 11 is 8.32. The number of phenols is 1. The normalized spacial score (nSPS) is 14.8. The van der Waals surface area contributed by atoms with Crippen LogP contribution < -0.4 is 64.6 Å². The van der Waals surface area contributed by atoms with Crippen molar-refractivity contribution in [1.29, 1.82) is 0 Å². The van der Waals surface area contributed by atoms with Gasteiger partial charge in [-0.1, -0.05) is 67.5 Å². The van der Waals surface area contributed by atoms with Gasteiger partial charge in [0.25, 0.3) is 0 Å². The first-order chi connectivity index (χ1) is 38.7. The van der Waals surface area contributed by atoms with Gasteiger partial charge in [0.05, 0.1) is 19.0 Å². The van der Waals surface area contributed by atoms with E-state index in [2.05, 4.69) is 78.4 Å². The Morgan fingerprint density at radius 2 is 0.831 bits per heavy atom. The zero-order valence-corrected chi connectivity index (χ0v) is 50.2. The highest BCUT2D eigenvalue weighted by atomic mass is 32.1. The zero-order chi connectivity index (χ0) is 63.4. The summed E-state index contributed by atoms with van der Waals surface area (Å²) < 4.78 is 0. The lowest BCUT2D eigenvalue weighted by Gasteiger charge is -2.28. The van der Waals surface area contributed by atoms with Crippen LogP contribution in [0.1, 0.15) is 113 Å². The van der Waals surface area contributed by atoms with Gasteiger partial charge in [0.15, 0.2) is 0 Å². The van der Waals surface area contributed by atoms with E-state index in [1.165, 1.54) is 19.1 Å². The maximum Gasteiger partial charge on any atom is 0.305 e. The molecule has 0 bridgehead atoms. The molecule has 0 heterocycles. The Morgan fingerprint density at radius 1 is 0.458 bits per heavy atom. The quantitative estimate of drug-likeness (QED) is 0.0308. The Labute approximate surface area is 494 Å². The second kappa shape index (κ2) is 37.1. The van der Waals surface area contributed by atoms with Crippen LogP contribution in [0.15, 0.2) is 24.3 Å². The number of benzene rings is 1. The van der Waals surface area contributed by atoms with Gasteiger partial charge in [-0.15, -0.1) is 0 Å². The lowest BCUT2D eigenvalue weighted by atomic mass is 9.99. The maximum absolute atomic E-state index is 13.9. The van der Waals surface area contributed by atoms with Gasteiger partial charge in [-0.3, -0.25) is 62.3 Å². The molecule has 0 unspecified atom stereocenters. The molecule has 10 atom stereocenters. The van der Waals surface area contributed by atoms with Crippen molar-refractivity contribution in [2.75, 3.05) is 18.1 Å². The van der Waals surface area contributed by atoms with E-state index in [0.717, 1.165) is 0 Å². The average molecular weight is 1210 g/mol. The molecular formula is C53H86N12O16S2. The maximum atomic E-state index is 13.9. The van der Waals surface area contributed by atoms with Crippen molar-refractivity contribution in [2.24, 2.45) is 35.1 Å². The smallest absolute Gasteiger partial charge is 0.305 e. The number of hydrogen-bond acceptors (Lipinski definition) is 17. The summed E-state index contributed by atoms with van der Waals surface area (Å²) in [6.45, 7) is 14.7. The van der Waals surface area contributed by atoms with Crippen LogP contribution in [0.5, 0.6) is 5.75 Å². The summed E-state index contributed by atoms with van der Waals surface area (Å²) in [4.78, 5) is 170. The van der Waals surface area contributed by atoms with Gasteiger partial charge in [-0.05, 0) is 86.8 Å². The number of primary amides is 1. The van der Waals surface area contributed by atoms with Crippen molar-refractivity contribution >= 4 is 102 Å². The highest BCUT2D eigenvalue weighted by molar-refractivity contribution is 7.80. The molecule has 0 saturated heterocycles. The second-order valence-corrected chi connectivity index (χ2v) is 22.5. The molecule has 30 heteroatoms. The molecule has 1 rings (SSSR count). The van der Waals surface area contributed by atoms with E-state index in [0.29, 0.717) is 5.56 Å². The SMILES string of the molecule is CC(C)C[C@H](NC(=O)[C@H](C)NC(=O)[C@H](CC(C)C)NC(=O)[C@H](CS)NC(=O)CNC(=O)[C@H](CC(=O)O)NC(=O)[C@H](CCC(=O)O)NC(=O)[C@H](CS)NC(=O)[C@H](CC(C)C)NC(=O)[C@H](CC(C)C)NC(=O)[C@@H](N)Cc1ccc(O)cc1)C(N)=O. The third-order valence-electron chi connectivity index (χ3n) is 12.2. The lowest BCUT2D eigenvalue weighted by molar-refractivity contribution is -0.141. The Morgan fingerprint density at radius 3 is 1.27 bits per heavy atom. The molecule has 0 spiro atoms. The summed E-state index contributed by atoms with van der Waals surface area (Å²) in [5.74, 6) is -14.3. The van der Waals surface area contributed by atoms with E-state index in [4.69, 9.17) is 11.5 Å². The van der Waals surface area contributed by atoms with Crippen LogP contribution in [-0.4, -0.2) is 171 Å². The molecule has 0 saturated carbocycles. The molecule has 0 radical (unpaired) electrons. The molecule has 17 N–H and O–H groups in total. The van der Waals surface area contributed by atoms with Crippen molar-refractivity contribution in [3.05, 3.63) is 29.8 Å². The third-order valence-corrected chi connectivity index (χ3v) is 13.0. The minimum atomic E-state index is -1.95. The van der Waals surface area contributed by atoms with Crippen LogP contribution >= 0.6 is 25.3 Å². The fraction of sp³-hybridized carbons (Fsp3) is 0.642. The Balaban J connectivity index is 3.19. The highest BCUT2D eigenvalue weighted by Crippen LogP contribution is 2.14. The minimum Gasteiger partial charge on any atom is -0.508 e. The van der Waals surface area contributed by atoms with Gasteiger partial charge in [0.1, 0.15) is 60.1 Å². The highest BCUT2D eigenvalue weighted by Gasteiger charge is 2.35. The van der Waals surface area contributed by atoms with E-state index in [1.807, 2.05) is 13.8 Å². The van der Waals surface area contributed by atoms with E-state index in [-0.39, 0.29) is 67.3 Å². The first-order valence-corrected chi connectivity index (χ1v) is 28.4. The van der Waals surface area contributed by atoms with E-state index in [9.17, 15) is 77.6 Å².